The summed E-state index contributed by atoms with van der Waals surface area (Å²) in [6.07, 6.45) is 4.39. The normalized spacial score (nSPS) is 17.2. The highest BCUT2D eigenvalue weighted by molar-refractivity contribution is 5.79. The summed E-state index contributed by atoms with van der Waals surface area (Å²) in [6, 6.07) is 0. The van der Waals surface area contributed by atoms with Gasteiger partial charge in [0.1, 0.15) is 12.4 Å². The van der Waals surface area contributed by atoms with Crippen molar-refractivity contribution < 1.29 is 14.2 Å². The van der Waals surface area contributed by atoms with Crippen LogP contribution in [0.2, 0.25) is 0 Å². The van der Waals surface area contributed by atoms with E-state index in [1.54, 1.807) is 0 Å². The molecular formula is C19H36N6O3. The van der Waals surface area contributed by atoms with Gasteiger partial charge in [0, 0.05) is 46.6 Å². The molecule has 0 aromatic carbocycles. The molecule has 1 aromatic rings. The molecule has 2 rings (SSSR count). The van der Waals surface area contributed by atoms with Gasteiger partial charge >= 0.3 is 0 Å². The Balaban J connectivity index is 1.69. The van der Waals surface area contributed by atoms with Crippen molar-refractivity contribution in [3.05, 3.63) is 11.6 Å². The molecule has 0 aliphatic carbocycles. The van der Waals surface area contributed by atoms with E-state index in [0.29, 0.717) is 19.8 Å². The van der Waals surface area contributed by atoms with E-state index in [4.69, 9.17) is 14.2 Å². The summed E-state index contributed by atoms with van der Waals surface area (Å²) < 4.78 is 18.6. The van der Waals surface area contributed by atoms with Gasteiger partial charge < -0.3 is 29.4 Å². The highest BCUT2D eigenvalue weighted by Crippen LogP contribution is 2.11. The third-order valence-electron chi connectivity index (χ3n) is 4.61. The van der Waals surface area contributed by atoms with E-state index in [0.717, 1.165) is 76.2 Å². The minimum Gasteiger partial charge on any atom is -0.382 e. The average Bonchev–Trinajstić information content (AvgIpc) is 3.32. The number of hydrogen-bond acceptors (Lipinski definition) is 6. The number of guanidine groups is 1. The van der Waals surface area contributed by atoms with Crippen molar-refractivity contribution in [1.82, 2.24) is 25.4 Å². The number of rotatable bonds is 13. The van der Waals surface area contributed by atoms with Gasteiger partial charge in [-0.15, -0.1) is 10.2 Å². The average molecular weight is 397 g/mol. The smallest absolute Gasteiger partial charge is 0.191 e. The Hall–Kier alpha value is -1.71. The molecule has 0 bridgehead atoms. The summed E-state index contributed by atoms with van der Waals surface area (Å²) in [5, 5.41) is 15.0. The quantitative estimate of drug-likeness (QED) is 0.294. The maximum Gasteiger partial charge on any atom is 0.191 e. The molecule has 1 unspecified atom stereocenters. The van der Waals surface area contributed by atoms with E-state index < -0.39 is 0 Å². The van der Waals surface area contributed by atoms with E-state index in [-0.39, 0.29) is 6.10 Å². The van der Waals surface area contributed by atoms with Crippen LogP contribution in [0.25, 0.3) is 0 Å². The highest BCUT2D eigenvalue weighted by Gasteiger charge is 2.14. The summed E-state index contributed by atoms with van der Waals surface area (Å²) >= 11 is 0. The van der Waals surface area contributed by atoms with Crippen molar-refractivity contribution in [1.29, 1.82) is 0 Å². The maximum atomic E-state index is 5.71. The van der Waals surface area contributed by atoms with Gasteiger partial charge in [-0.2, -0.15) is 0 Å². The van der Waals surface area contributed by atoms with Gasteiger partial charge in [0.05, 0.1) is 12.7 Å². The van der Waals surface area contributed by atoms with Crippen LogP contribution in [0.4, 0.5) is 0 Å². The van der Waals surface area contributed by atoms with Gasteiger partial charge in [0.15, 0.2) is 11.8 Å². The Kier molecular flexibility index (Phi) is 10.9. The molecule has 1 saturated heterocycles. The molecule has 2 N–H and O–H groups in total. The first-order valence-corrected chi connectivity index (χ1v) is 10.3. The lowest BCUT2D eigenvalue weighted by Crippen LogP contribution is -2.39. The molecule has 160 valence electrons. The number of aryl methyl sites for hydroxylation is 1. The summed E-state index contributed by atoms with van der Waals surface area (Å²) in [7, 11) is 1.95. The lowest BCUT2D eigenvalue weighted by atomic mass is 10.2. The van der Waals surface area contributed by atoms with E-state index in [2.05, 4.69) is 25.8 Å². The fourth-order valence-electron chi connectivity index (χ4n) is 2.81. The summed E-state index contributed by atoms with van der Waals surface area (Å²) in [4.78, 5) is 4.64. The van der Waals surface area contributed by atoms with Crippen molar-refractivity contribution >= 4 is 5.96 Å². The number of nitrogens with one attached hydrogen (secondary N) is 2. The first-order valence-electron chi connectivity index (χ1n) is 10.3. The molecule has 0 spiro atoms. The van der Waals surface area contributed by atoms with Crippen molar-refractivity contribution in [2.45, 2.75) is 52.2 Å². The number of aliphatic imine (C=N–C) groups is 1. The Morgan fingerprint density at radius 1 is 1.21 bits per heavy atom. The third-order valence-corrected chi connectivity index (χ3v) is 4.61. The Labute approximate surface area is 168 Å². The molecule has 1 aliphatic rings. The molecule has 28 heavy (non-hydrogen) atoms. The second-order valence-corrected chi connectivity index (χ2v) is 6.85. The molecule has 9 heteroatoms. The van der Waals surface area contributed by atoms with Crippen LogP contribution in [0, 0.1) is 6.92 Å². The topological polar surface area (TPSA) is 94.8 Å². The van der Waals surface area contributed by atoms with E-state index >= 15 is 0 Å². The number of aromatic nitrogens is 3. The second kappa shape index (κ2) is 13.5. The number of nitrogens with zero attached hydrogens (tertiary/aromatic N) is 4. The zero-order chi connectivity index (χ0) is 20.0. The van der Waals surface area contributed by atoms with Crippen LogP contribution in [-0.4, -0.2) is 73.0 Å². The van der Waals surface area contributed by atoms with Crippen LogP contribution in [-0.2, 0) is 27.8 Å². The van der Waals surface area contributed by atoms with Crippen molar-refractivity contribution in [3.63, 3.8) is 0 Å². The minimum atomic E-state index is 0.284. The molecule has 0 amide bonds. The zero-order valence-corrected chi connectivity index (χ0v) is 17.6. The lowest BCUT2D eigenvalue weighted by molar-refractivity contribution is 0.0168. The maximum absolute atomic E-state index is 5.71. The van der Waals surface area contributed by atoms with Gasteiger partial charge in [-0.05, 0) is 39.5 Å². The van der Waals surface area contributed by atoms with Gasteiger partial charge in [-0.1, -0.05) is 0 Å². The van der Waals surface area contributed by atoms with E-state index in [9.17, 15) is 0 Å². The molecule has 1 aliphatic heterocycles. The molecule has 9 nitrogen and oxygen atoms in total. The summed E-state index contributed by atoms with van der Waals surface area (Å²) in [6.45, 7) is 9.79. The molecule has 0 saturated carbocycles. The van der Waals surface area contributed by atoms with Crippen LogP contribution in [0.15, 0.2) is 4.99 Å². The first-order chi connectivity index (χ1) is 13.7. The minimum absolute atomic E-state index is 0.284. The summed E-state index contributed by atoms with van der Waals surface area (Å²) in [5.74, 6) is 2.50. The molecule has 2 heterocycles. The first kappa shape index (κ1) is 22.6. The van der Waals surface area contributed by atoms with Crippen molar-refractivity contribution in [2.75, 3.05) is 46.1 Å². The second-order valence-electron chi connectivity index (χ2n) is 6.85. The predicted molar refractivity (Wildman–Crippen MR) is 108 cm³/mol. The standard InChI is InChI=1S/C19H36N6O3/c1-4-26-11-6-9-20-19(22-14-18-24-23-16(2)25(18)3)21-10-7-12-27-15-17-8-5-13-28-17/h17H,4-15H2,1-3H3,(H2,20,21,22). The molecule has 1 fully saturated rings. The SMILES string of the molecule is CCOCCCNC(=NCc1nnc(C)n1C)NCCCOCC1CCCO1. The van der Waals surface area contributed by atoms with Gasteiger partial charge in [0.25, 0.3) is 0 Å². The largest absolute Gasteiger partial charge is 0.382 e. The Bertz CT molecular complexity index is 572. The summed E-state index contributed by atoms with van der Waals surface area (Å²) in [5.41, 5.74) is 0. The highest BCUT2D eigenvalue weighted by atomic mass is 16.5. The molecular weight excluding hydrogens is 360 g/mol. The van der Waals surface area contributed by atoms with Crippen LogP contribution in [0.1, 0.15) is 44.3 Å². The lowest BCUT2D eigenvalue weighted by Gasteiger charge is -2.13. The van der Waals surface area contributed by atoms with E-state index in [1.165, 1.54) is 0 Å². The van der Waals surface area contributed by atoms with Crippen molar-refractivity contribution in [2.24, 2.45) is 12.0 Å². The molecule has 1 aromatic heterocycles. The van der Waals surface area contributed by atoms with Crippen LogP contribution in [0.3, 0.4) is 0 Å². The third kappa shape index (κ3) is 8.53. The Morgan fingerprint density at radius 2 is 1.96 bits per heavy atom. The fourth-order valence-corrected chi connectivity index (χ4v) is 2.81. The Morgan fingerprint density at radius 3 is 2.57 bits per heavy atom. The zero-order valence-electron chi connectivity index (χ0n) is 17.6. The van der Waals surface area contributed by atoms with Crippen molar-refractivity contribution in [3.8, 4) is 0 Å². The fraction of sp³-hybridized carbons (Fsp3) is 0.842. The number of hydrogen-bond donors (Lipinski definition) is 2. The number of ether oxygens (including phenoxy) is 3. The molecule has 1 atom stereocenters. The van der Waals surface area contributed by atoms with Gasteiger partial charge in [-0.3, -0.25) is 0 Å². The van der Waals surface area contributed by atoms with Crippen LogP contribution >= 0.6 is 0 Å². The predicted octanol–water partition coefficient (Wildman–Crippen LogP) is 1.17. The van der Waals surface area contributed by atoms with E-state index in [1.807, 2.05) is 25.5 Å². The van der Waals surface area contributed by atoms with Crippen LogP contribution < -0.4 is 10.6 Å². The van der Waals surface area contributed by atoms with Gasteiger partial charge in [0.2, 0.25) is 0 Å². The van der Waals surface area contributed by atoms with Crippen LogP contribution in [0.5, 0.6) is 0 Å². The monoisotopic (exact) mass is 396 g/mol. The van der Waals surface area contributed by atoms with Gasteiger partial charge in [-0.25, -0.2) is 4.99 Å². The molecule has 0 radical (unpaired) electrons.